The molecule has 1 heterocycles. The predicted octanol–water partition coefficient (Wildman–Crippen LogP) is 1.96. The molecule has 2 nitrogen and oxygen atoms in total. The highest BCUT2D eigenvalue weighted by atomic mass is 15.2. The summed E-state index contributed by atoms with van der Waals surface area (Å²) in [6, 6.07) is 0.770. The van der Waals surface area contributed by atoms with Gasteiger partial charge in [0, 0.05) is 32.2 Å². The van der Waals surface area contributed by atoms with Crippen LogP contribution in [0.2, 0.25) is 0 Å². The lowest BCUT2D eigenvalue weighted by Crippen LogP contribution is -2.52. The van der Waals surface area contributed by atoms with Crippen LogP contribution in [0.3, 0.4) is 0 Å². The summed E-state index contributed by atoms with van der Waals surface area (Å²) in [5.41, 5.74) is 0. The first kappa shape index (κ1) is 12.0. The predicted molar refractivity (Wildman–Crippen MR) is 62.5 cm³/mol. The van der Waals surface area contributed by atoms with Gasteiger partial charge in [0.25, 0.3) is 0 Å². The number of nitrogens with zero attached hydrogens (tertiary/aromatic N) is 1. The lowest BCUT2D eigenvalue weighted by molar-refractivity contribution is 0.127. The Morgan fingerprint density at radius 1 is 1.21 bits per heavy atom. The molecule has 0 aromatic rings. The van der Waals surface area contributed by atoms with Crippen LogP contribution in [0.1, 0.15) is 34.1 Å². The molecule has 1 atom stereocenters. The van der Waals surface area contributed by atoms with Crippen LogP contribution in [-0.2, 0) is 0 Å². The van der Waals surface area contributed by atoms with Gasteiger partial charge in [0.05, 0.1) is 0 Å². The largest absolute Gasteiger partial charge is 0.314 e. The molecule has 0 aliphatic carbocycles. The van der Waals surface area contributed by atoms with E-state index >= 15 is 0 Å². The number of hydrogen-bond donors (Lipinski definition) is 1. The third kappa shape index (κ3) is 3.97. The Morgan fingerprint density at radius 2 is 1.93 bits per heavy atom. The molecular formula is C12H26N2. The highest BCUT2D eigenvalue weighted by Crippen LogP contribution is 2.14. The Labute approximate surface area is 89.1 Å². The molecule has 1 fully saturated rings. The Morgan fingerprint density at radius 3 is 2.50 bits per heavy atom. The maximum Gasteiger partial charge on any atom is 0.0223 e. The molecule has 0 radical (unpaired) electrons. The number of nitrogens with one attached hydrogen (secondary N) is 1. The normalized spacial score (nSPS) is 24.9. The van der Waals surface area contributed by atoms with Gasteiger partial charge in [0.1, 0.15) is 0 Å². The molecule has 0 unspecified atom stereocenters. The molecular weight excluding hydrogens is 172 g/mol. The first-order valence-corrected chi connectivity index (χ1v) is 6.04. The van der Waals surface area contributed by atoms with E-state index in [0.29, 0.717) is 0 Å². The molecule has 0 saturated carbocycles. The van der Waals surface area contributed by atoms with E-state index in [-0.39, 0.29) is 0 Å². The van der Waals surface area contributed by atoms with Gasteiger partial charge in [0.15, 0.2) is 0 Å². The van der Waals surface area contributed by atoms with E-state index in [1.54, 1.807) is 0 Å². The van der Waals surface area contributed by atoms with Gasteiger partial charge in [-0.2, -0.15) is 0 Å². The quantitative estimate of drug-likeness (QED) is 0.743. The van der Waals surface area contributed by atoms with Gasteiger partial charge in [-0.25, -0.2) is 0 Å². The second-order valence-electron chi connectivity index (χ2n) is 5.38. The van der Waals surface area contributed by atoms with Crippen LogP contribution in [-0.4, -0.2) is 37.1 Å². The van der Waals surface area contributed by atoms with E-state index in [1.807, 2.05) is 0 Å². The van der Waals surface area contributed by atoms with Crippen molar-refractivity contribution in [2.24, 2.45) is 11.8 Å². The summed E-state index contributed by atoms with van der Waals surface area (Å²) in [7, 11) is 0. The fourth-order valence-corrected chi connectivity index (χ4v) is 2.29. The SMILES string of the molecule is CC(C)C[C@H]1CNCCN1CC(C)C. The summed E-state index contributed by atoms with van der Waals surface area (Å²) in [5, 5.41) is 3.50. The summed E-state index contributed by atoms with van der Waals surface area (Å²) in [4.78, 5) is 2.67. The average molecular weight is 198 g/mol. The number of piperazine rings is 1. The van der Waals surface area contributed by atoms with Crippen LogP contribution >= 0.6 is 0 Å². The van der Waals surface area contributed by atoms with Crippen molar-refractivity contribution in [3.63, 3.8) is 0 Å². The van der Waals surface area contributed by atoms with Gasteiger partial charge in [-0.15, -0.1) is 0 Å². The summed E-state index contributed by atoms with van der Waals surface area (Å²) in [6.45, 7) is 14.1. The summed E-state index contributed by atoms with van der Waals surface area (Å²) in [5.74, 6) is 1.61. The molecule has 1 N–H and O–H groups in total. The summed E-state index contributed by atoms with van der Waals surface area (Å²) < 4.78 is 0. The summed E-state index contributed by atoms with van der Waals surface area (Å²) in [6.07, 6.45) is 1.33. The van der Waals surface area contributed by atoms with Crippen molar-refractivity contribution in [2.75, 3.05) is 26.2 Å². The Kier molecular flexibility index (Phi) is 4.90. The average Bonchev–Trinajstić information content (AvgIpc) is 2.06. The zero-order chi connectivity index (χ0) is 10.6. The van der Waals surface area contributed by atoms with Crippen molar-refractivity contribution in [1.82, 2.24) is 10.2 Å². The number of hydrogen-bond acceptors (Lipinski definition) is 2. The van der Waals surface area contributed by atoms with E-state index in [4.69, 9.17) is 0 Å². The van der Waals surface area contributed by atoms with Crippen molar-refractivity contribution in [2.45, 2.75) is 40.2 Å². The molecule has 0 amide bonds. The highest BCUT2D eigenvalue weighted by Gasteiger charge is 2.22. The second-order valence-corrected chi connectivity index (χ2v) is 5.38. The van der Waals surface area contributed by atoms with E-state index < -0.39 is 0 Å². The minimum atomic E-state index is 0.770. The van der Waals surface area contributed by atoms with Crippen molar-refractivity contribution in [1.29, 1.82) is 0 Å². The van der Waals surface area contributed by atoms with Crippen LogP contribution in [0.15, 0.2) is 0 Å². The molecule has 0 spiro atoms. The molecule has 1 rings (SSSR count). The summed E-state index contributed by atoms with van der Waals surface area (Å²) >= 11 is 0. The zero-order valence-electron chi connectivity index (χ0n) is 10.2. The van der Waals surface area contributed by atoms with Crippen LogP contribution in [0.4, 0.5) is 0 Å². The minimum Gasteiger partial charge on any atom is -0.314 e. The van der Waals surface area contributed by atoms with Crippen molar-refractivity contribution in [3.8, 4) is 0 Å². The fourth-order valence-electron chi connectivity index (χ4n) is 2.29. The first-order valence-electron chi connectivity index (χ1n) is 6.04. The van der Waals surface area contributed by atoms with Crippen molar-refractivity contribution < 1.29 is 0 Å². The van der Waals surface area contributed by atoms with Crippen molar-refractivity contribution >= 4 is 0 Å². The van der Waals surface area contributed by atoms with E-state index in [2.05, 4.69) is 37.9 Å². The topological polar surface area (TPSA) is 15.3 Å². The smallest absolute Gasteiger partial charge is 0.0223 e. The van der Waals surface area contributed by atoms with Crippen LogP contribution < -0.4 is 5.32 Å². The molecule has 2 heteroatoms. The second kappa shape index (κ2) is 5.72. The Hall–Kier alpha value is -0.0800. The van der Waals surface area contributed by atoms with Gasteiger partial charge in [0.2, 0.25) is 0 Å². The zero-order valence-corrected chi connectivity index (χ0v) is 10.2. The van der Waals surface area contributed by atoms with Crippen LogP contribution in [0, 0.1) is 11.8 Å². The third-order valence-corrected chi connectivity index (χ3v) is 2.82. The lowest BCUT2D eigenvalue weighted by atomic mass is 10.00. The molecule has 1 aliphatic rings. The maximum atomic E-state index is 3.50. The Balaban J connectivity index is 2.41. The van der Waals surface area contributed by atoms with Gasteiger partial charge in [-0.1, -0.05) is 27.7 Å². The van der Waals surface area contributed by atoms with Crippen molar-refractivity contribution in [3.05, 3.63) is 0 Å². The monoisotopic (exact) mass is 198 g/mol. The minimum absolute atomic E-state index is 0.770. The van der Waals surface area contributed by atoms with Crippen LogP contribution in [0.5, 0.6) is 0 Å². The third-order valence-electron chi connectivity index (χ3n) is 2.82. The Bertz CT molecular complexity index is 136. The molecule has 14 heavy (non-hydrogen) atoms. The molecule has 1 saturated heterocycles. The fraction of sp³-hybridized carbons (Fsp3) is 1.00. The van der Waals surface area contributed by atoms with Gasteiger partial charge in [-0.05, 0) is 18.3 Å². The molecule has 1 aliphatic heterocycles. The molecule has 0 aromatic carbocycles. The van der Waals surface area contributed by atoms with Gasteiger partial charge >= 0.3 is 0 Å². The molecule has 0 bridgehead atoms. The highest BCUT2D eigenvalue weighted by molar-refractivity contribution is 4.80. The number of rotatable bonds is 4. The van der Waals surface area contributed by atoms with Gasteiger partial charge in [-0.3, -0.25) is 4.90 Å². The standard InChI is InChI=1S/C12H26N2/c1-10(2)7-12-8-13-5-6-14(12)9-11(3)4/h10-13H,5-9H2,1-4H3/t12-/m0/s1. The van der Waals surface area contributed by atoms with E-state index in [0.717, 1.165) is 17.9 Å². The van der Waals surface area contributed by atoms with E-state index in [9.17, 15) is 0 Å². The molecule has 0 aromatic heterocycles. The van der Waals surface area contributed by atoms with E-state index in [1.165, 1.54) is 32.6 Å². The maximum absolute atomic E-state index is 3.50. The first-order chi connectivity index (χ1) is 6.59. The van der Waals surface area contributed by atoms with Crippen LogP contribution in [0.25, 0.3) is 0 Å². The lowest BCUT2D eigenvalue weighted by Gasteiger charge is -2.38. The molecule has 84 valence electrons. The van der Waals surface area contributed by atoms with Gasteiger partial charge < -0.3 is 5.32 Å².